The Kier molecular flexibility index (Phi) is 6.03. The molecule has 3 aromatic carbocycles. The van der Waals surface area contributed by atoms with E-state index in [4.69, 9.17) is 11.6 Å². The van der Waals surface area contributed by atoms with Crippen molar-refractivity contribution >= 4 is 43.2 Å². The summed E-state index contributed by atoms with van der Waals surface area (Å²) >= 11 is 7.26. The predicted octanol–water partition coefficient (Wildman–Crippen LogP) is 5.11. The molecule has 4 rings (SSSR count). The Hall–Kier alpha value is -2.45. The fraction of sp³-hybridized carbons (Fsp3) is 0.174. The number of hydrogen-bond acceptors (Lipinski definition) is 4. The second-order valence-corrected chi connectivity index (χ2v) is 10.5. The molecule has 0 aliphatic carbocycles. The van der Waals surface area contributed by atoms with Crippen molar-refractivity contribution in [3.05, 3.63) is 98.1 Å². The zero-order valence-corrected chi connectivity index (χ0v) is 19.4. The van der Waals surface area contributed by atoms with Gasteiger partial charge in [-0.3, -0.25) is 9.36 Å². The molecular formula is C23H21ClN2O3S2. The van der Waals surface area contributed by atoms with Gasteiger partial charge in [0.1, 0.15) is 0 Å². The van der Waals surface area contributed by atoms with E-state index in [2.05, 4.69) is 4.72 Å². The van der Waals surface area contributed by atoms with Crippen molar-refractivity contribution in [3.63, 3.8) is 0 Å². The van der Waals surface area contributed by atoms with Crippen LogP contribution in [0, 0.1) is 6.92 Å². The number of halogens is 1. The molecule has 0 saturated heterocycles. The van der Waals surface area contributed by atoms with Gasteiger partial charge in [-0.05, 0) is 49.2 Å². The summed E-state index contributed by atoms with van der Waals surface area (Å²) in [5.41, 5.74) is 3.50. The van der Waals surface area contributed by atoms with Crippen molar-refractivity contribution in [2.24, 2.45) is 0 Å². The number of aromatic nitrogens is 1. The van der Waals surface area contributed by atoms with Crippen LogP contribution in [0.1, 0.15) is 29.7 Å². The Labute approximate surface area is 190 Å². The Morgan fingerprint density at radius 2 is 1.77 bits per heavy atom. The minimum atomic E-state index is -3.75. The molecule has 1 N–H and O–H groups in total. The standard InChI is InChI=1S/C23H21ClN2O3S2/c1-15-7-9-17(10-8-15)16(2)25-31(28,29)19-11-12-21-22(13-19)30-23(27)26(21)14-18-5-3-4-6-20(18)24/h3-13,16,25H,14H2,1-2H3. The van der Waals surface area contributed by atoms with Gasteiger partial charge in [0, 0.05) is 11.1 Å². The first kappa shape index (κ1) is 21.8. The van der Waals surface area contributed by atoms with Gasteiger partial charge in [0.25, 0.3) is 0 Å². The van der Waals surface area contributed by atoms with Gasteiger partial charge in [-0.2, -0.15) is 0 Å². The molecule has 160 valence electrons. The fourth-order valence-electron chi connectivity index (χ4n) is 3.38. The molecule has 1 aromatic heterocycles. The molecule has 5 nitrogen and oxygen atoms in total. The van der Waals surface area contributed by atoms with Crippen LogP contribution in [0.4, 0.5) is 0 Å². The molecule has 1 unspecified atom stereocenters. The van der Waals surface area contributed by atoms with Crippen LogP contribution >= 0.6 is 22.9 Å². The quantitative estimate of drug-likeness (QED) is 0.424. The number of nitrogens with one attached hydrogen (secondary N) is 1. The average Bonchev–Trinajstić information content (AvgIpc) is 3.04. The highest BCUT2D eigenvalue weighted by molar-refractivity contribution is 7.89. The highest BCUT2D eigenvalue weighted by Crippen LogP contribution is 2.25. The minimum Gasteiger partial charge on any atom is -0.294 e. The second kappa shape index (κ2) is 8.59. The van der Waals surface area contributed by atoms with Crippen LogP contribution in [-0.4, -0.2) is 13.0 Å². The molecule has 8 heteroatoms. The molecule has 0 aliphatic heterocycles. The van der Waals surface area contributed by atoms with Crippen LogP contribution < -0.4 is 9.60 Å². The summed E-state index contributed by atoms with van der Waals surface area (Å²) < 4.78 is 30.8. The van der Waals surface area contributed by atoms with Crippen molar-refractivity contribution in [1.29, 1.82) is 0 Å². The number of fused-ring (bicyclic) bond motifs is 1. The highest BCUT2D eigenvalue weighted by atomic mass is 35.5. The highest BCUT2D eigenvalue weighted by Gasteiger charge is 2.20. The van der Waals surface area contributed by atoms with E-state index in [1.165, 1.54) is 6.07 Å². The number of rotatable bonds is 6. The van der Waals surface area contributed by atoms with Crippen LogP contribution in [0.2, 0.25) is 5.02 Å². The lowest BCUT2D eigenvalue weighted by Gasteiger charge is -2.15. The topological polar surface area (TPSA) is 68.2 Å². The van der Waals surface area contributed by atoms with E-state index in [-0.39, 0.29) is 15.8 Å². The molecule has 0 radical (unpaired) electrons. The van der Waals surface area contributed by atoms with Crippen LogP contribution in [0.5, 0.6) is 0 Å². The van der Waals surface area contributed by atoms with Crippen molar-refractivity contribution in [2.75, 3.05) is 0 Å². The molecule has 0 aliphatic rings. The molecule has 0 saturated carbocycles. The van der Waals surface area contributed by atoms with E-state index < -0.39 is 10.0 Å². The molecule has 0 fully saturated rings. The fourth-order valence-corrected chi connectivity index (χ4v) is 5.84. The van der Waals surface area contributed by atoms with Gasteiger partial charge >= 0.3 is 4.87 Å². The Bertz CT molecular complexity index is 1410. The summed E-state index contributed by atoms with van der Waals surface area (Å²) in [6.45, 7) is 4.11. The first-order valence-corrected chi connectivity index (χ1v) is 12.4. The predicted molar refractivity (Wildman–Crippen MR) is 127 cm³/mol. The van der Waals surface area contributed by atoms with Gasteiger partial charge in [-0.25, -0.2) is 13.1 Å². The smallest absolute Gasteiger partial charge is 0.294 e. The third kappa shape index (κ3) is 4.60. The van der Waals surface area contributed by atoms with Crippen molar-refractivity contribution in [3.8, 4) is 0 Å². The Morgan fingerprint density at radius 1 is 1.06 bits per heavy atom. The lowest BCUT2D eigenvalue weighted by molar-refractivity contribution is 0.567. The minimum absolute atomic E-state index is 0.130. The maximum Gasteiger partial charge on any atom is 0.308 e. The number of benzene rings is 3. The molecule has 31 heavy (non-hydrogen) atoms. The van der Waals surface area contributed by atoms with E-state index in [9.17, 15) is 13.2 Å². The summed E-state index contributed by atoms with van der Waals surface area (Å²) in [6.07, 6.45) is 0. The first-order chi connectivity index (χ1) is 14.7. The van der Waals surface area contributed by atoms with Crippen molar-refractivity contribution in [2.45, 2.75) is 31.3 Å². The summed E-state index contributed by atoms with van der Waals surface area (Å²) in [7, 11) is -3.75. The van der Waals surface area contributed by atoms with E-state index in [0.717, 1.165) is 28.0 Å². The largest absolute Gasteiger partial charge is 0.308 e. The van der Waals surface area contributed by atoms with Crippen LogP contribution in [0.25, 0.3) is 10.2 Å². The van der Waals surface area contributed by atoms with Gasteiger partial charge in [0.05, 0.1) is 21.7 Å². The SMILES string of the molecule is Cc1ccc(C(C)NS(=O)(=O)c2ccc3c(c2)sc(=O)n3Cc2ccccc2Cl)cc1. The van der Waals surface area contributed by atoms with E-state index >= 15 is 0 Å². The van der Waals surface area contributed by atoms with Gasteiger partial charge in [-0.1, -0.05) is 71.0 Å². The summed E-state index contributed by atoms with van der Waals surface area (Å²) in [6, 6.07) is 19.4. The maximum absolute atomic E-state index is 12.9. The number of hydrogen-bond donors (Lipinski definition) is 1. The second-order valence-electron chi connectivity index (χ2n) is 7.43. The number of nitrogens with zero attached hydrogens (tertiary/aromatic N) is 1. The molecular weight excluding hydrogens is 452 g/mol. The van der Waals surface area contributed by atoms with Gasteiger partial charge in [-0.15, -0.1) is 0 Å². The van der Waals surface area contributed by atoms with Crippen LogP contribution in [-0.2, 0) is 16.6 Å². The third-order valence-electron chi connectivity index (χ3n) is 5.15. The molecule has 1 heterocycles. The average molecular weight is 473 g/mol. The molecule has 0 amide bonds. The number of sulfonamides is 1. The monoisotopic (exact) mass is 472 g/mol. The normalized spacial score (nSPS) is 12.9. The molecule has 1 atom stereocenters. The molecule has 0 bridgehead atoms. The van der Waals surface area contributed by atoms with Gasteiger partial charge in [0.15, 0.2) is 0 Å². The Balaban J connectivity index is 1.64. The van der Waals surface area contributed by atoms with Crippen LogP contribution in [0.15, 0.2) is 76.4 Å². The third-order valence-corrected chi connectivity index (χ3v) is 7.99. The van der Waals surface area contributed by atoms with Crippen molar-refractivity contribution in [1.82, 2.24) is 9.29 Å². The summed E-state index contributed by atoms with van der Waals surface area (Å²) in [5, 5.41) is 0.585. The van der Waals surface area contributed by atoms with Crippen molar-refractivity contribution < 1.29 is 8.42 Å². The molecule has 4 aromatic rings. The van der Waals surface area contributed by atoms with Gasteiger partial charge < -0.3 is 0 Å². The zero-order chi connectivity index (χ0) is 22.2. The first-order valence-electron chi connectivity index (χ1n) is 9.70. The lowest BCUT2D eigenvalue weighted by atomic mass is 10.1. The number of aryl methyl sites for hydroxylation is 1. The van der Waals surface area contributed by atoms with Crippen LogP contribution in [0.3, 0.4) is 0 Å². The summed E-state index contributed by atoms with van der Waals surface area (Å²) in [5.74, 6) is 0. The lowest BCUT2D eigenvalue weighted by Crippen LogP contribution is -2.26. The Morgan fingerprint density at radius 3 is 2.48 bits per heavy atom. The van der Waals surface area contributed by atoms with E-state index in [0.29, 0.717) is 21.8 Å². The summed E-state index contributed by atoms with van der Waals surface area (Å²) in [4.78, 5) is 12.5. The van der Waals surface area contributed by atoms with E-state index in [1.54, 1.807) is 29.7 Å². The maximum atomic E-state index is 12.9. The number of thiazole rings is 1. The zero-order valence-electron chi connectivity index (χ0n) is 17.0. The van der Waals surface area contributed by atoms with Gasteiger partial charge in [0.2, 0.25) is 10.0 Å². The van der Waals surface area contributed by atoms with E-state index in [1.807, 2.05) is 49.4 Å². The molecule has 0 spiro atoms.